The maximum absolute atomic E-state index is 12.1. The molecule has 0 saturated carbocycles. The zero-order chi connectivity index (χ0) is 11.6. The summed E-state index contributed by atoms with van der Waals surface area (Å²) in [6, 6.07) is 2.61. The van der Waals surface area contributed by atoms with Gasteiger partial charge in [0, 0.05) is 10.5 Å². The zero-order valence-corrected chi connectivity index (χ0v) is 7.95. The Morgan fingerprint density at radius 3 is 2.27 bits per heavy atom. The number of ether oxygens (including phenoxy) is 1. The third-order valence-electron chi connectivity index (χ3n) is 1.46. The van der Waals surface area contributed by atoms with E-state index >= 15 is 0 Å². The summed E-state index contributed by atoms with van der Waals surface area (Å²) in [6.45, 7) is 0. The molecule has 1 rings (SSSR count). The van der Waals surface area contributed by atoms with Crippen molar-refractivity contribution in [3.63, 3.8) is 0 Å². The van der Waals surface area contributed by atoms with Gasteiger partial charge in [-0.3, -0.25) is 0 Å². The second-order valence-electron chi connectivity index (χ2n) is 2.58. The minimum Gasteiger partial charge on any atom is -0.405 e. The number of halogens is 5. The predicted octanol–water partition coefficient (Wildman–Crippen LogP) is 3.81. The molecule has 84 valence electrons. The SMILES string of the molecule is FC(F)c1ccc(S)c(OC(F)(F)F)c1. The second-order valence-corrected chi connectivity index (χ2v) is 3.06. The van der Waals surface area contributed by atoms with E-state index in [0.717, 1.165) is 12.1 Å². The average molecular weight is 244 g/mol. The number of hydrogen-bond donors (Lipinski definition) is 1. The molecule has 0 N–H and O–H groups in total. The minimum atomic E-state index is -4.92. The first-order chi connectivity index (χ1) is 6.79. The molecule has 0 amide bonds. The van der Waals surface area contributed by atoms with Gasteiger partial charge in [0.25, 0.3) is 6.43 Å². The molecule has 0 aliphatic heterocycles. The van der Waals surface area contributed by atoms with Crippen LogP contribution < -0.4 is 4.74 Å². The number of rotatable bonds is 2. The molecule has 1 nitrogen and oxygen atoms in total. The lowest BCUT2D eigenvalue weighted by Crippen LogP contribution is -2.17. The van der Waals surface area contributed by atoms with Gasteiger partial charge in [-0.2, -0.15) is 0 Å². The van der Waals surface area contributed by atoms with Crippen LogP contribution in [0.5, 0.6) is 5.75 Å². The molecule has 15 heavy (non-hydrogen) atoms. The highest BCUT2D eigenvalue weighted by Crippen LogP contribution is 2.32. The third kappa shape index (κ3) is 3.58. The van der Waals surface area contributed by atoms with Gasteiger partial charge in [-0.25, -0.2) is 8.78 Å². The highest BCUT2D eigenvalue weighted by molar-refractivity contribution is 7.80. The smallest absolute Gasteiger partial charge is 0.405 e. The van der Waals surface area contributed by atoms with Crippen LogP contribution in [0.15, 0.2) is 23.1 Å². The molecule has 0 aromatic heterocycles. The van der Waals surface area contributed by atoms with E-state index in [-0.39, 0.29) is 4.90 Å². The standard InChI is InChI=1S/C8H5F5OS/c9-7(10)4-1-2-6(15)5(3-4)14-8(11,12)13/h1-3,7,15H. The van der Waals surface area contributed by atoms with Crippen molar-refractivity contribution >= 4 is 12.6 Å². The Morgan fingerprint density at radius 1 is 1.20 bits per heavy atom. The minimum absolute atomic E-state index is 0.156. The Kier molecular flexibility index (Phi) is 3.43. The summed E-state index contributed by atoms with van der Waals surface area (Å²) in [5.74, 6) is -0.733. The van der Waals surface area contributed by atoms with Crippen molar-refractivity contribution in [1.82, 2.24) is 0 Å². The van der Waals surface area contributed by atoms with E-state index in [1.807, 2.05) is 0 Å². The Morgan fingerprint density at radius 2 is 1.80 bits per heavy atom. The largest absolute Gasteiger partial charge is 0.573 e. The van der Waals surface area contributed by atoms with Crippen LogP contribution in [0.3, 0.4) is 0 Å². The summed E-state index contributed by atoms with van der Waals surface area (Å²) in [5.41, 5.74) is -0.549. The Hall–Kier alpha value is -0.980. The van der Waals surface area contributed by atoms with Gasteiger partial charge in [0.15, 0.2) is 0 Å². The second kappa shape index (κ2) is 4.26. The summed E-state index contributed by atoms with van der Waals surface area (Å²) in [6.07, 6.45) is -7.77. The van der Waals surface area contributed by atoms with Gasteiger partial charge in [0.05, 0.1) is 0 Å². The van der Waals surface area contributed by atoms with Gasteiger partial charge in [-0.1, -0.05) is 6.07 Å². The van der Waals surface area contributed by atoms with E-state index < -0.39 is 24.1 Å². The first kappa shape index (κ1) is 12.1. The van der Waals surface area contributed by atoms with Gasteiger partial charge < -0.3 is 4.74 Å². The highest BCUT2D eigenvalue weighted by Gasteiger charge is 2.32. The van der Waals surface area contributed by atoms with E-state index in [0.29, 0.717) is 6.07 Å². The molecule has 0 heterocycles. The highest BCUT2D eigenvalue weighted by atomic mass is 32.1. The quantitative estimate of drug-likeness (QED) is 0.614. The van der Waals surface area contributed by atoms with Crippen molar-refractivity contribution in [2.75, 3.05) is 0 Å². The maximum Gasteiger partial charge on any atom is 0.573 e. The average Bonchev–Trinajstić information content (AvgIpc) is 2.06. The van der Waals surface area contributed by atoms with Crippen LogP contribution in [-0.4, -0.2) is 6.36 Å². The van der Waals surface area contributed by atoms with E-state index in [1.165, 1.54) is 0 Å². The topological polar surface area (TPSA) is 9.23 Å². The normalized spacial score (nSPS) is 11.9. The summed E-state index contributed by atoms with van der Waals surface area (Å²) >= 11 is 3.66. The van der Waals surface area contributed by atoms with Crippen LogP contribution in [0.25, 0.3) is 0 Å². The molecule has 0 aliphatic carbocycles. The molecule has 7 heteroatoms. The lowest BCUT2D eigenvalue weighted by molar-refractivity contribution is -0.275. The lowest BCUT2D eigenvalue weighted by atomic mass is 10.2. The molecular weight excluding hydrogens is 239 g/mol. The lowest BCUT2D eigenvalue weighted by Gasteiger charge is -2.11. The molecule has 0 unspecified atom stereocenters. The molecule has 0 spiro atoms. The van der Waals surface area contributed by atoms with Crippen LogP contribution >= 0.6 is 12.6 Å². The number of benzene rings is 1. The molecular formula is C8H5F5OS. The van der Waals surface area contributed by atoms with E-state index in [9.17, 15) is 22.0 Å². The molecule has 0 saturated heterocycles. The van der Waals surface area contributed by atoms with Gasteiger partial charge in [0.2, 0.25) is 0 Å². The van der Waals surface area contributed by atoms with Crippen LogP contribution in [-0.2, 0) is 0 Å². The fourth-order valence-corrected chi connectivity index (χ4v) is 1.06. The Labute approximate surface area is 87.3 Å². The van der Waals surface area contributed by atoms with Crippen LogP contribution in [0, 0.1) is 0 Å². The maximum atomic E-state index is 12.1. The summed E-state index contributed by atoms with van der Waals surface area (Å²) in [4.78, 5) is -0.156. The van der Waals surface area contributed by atoms with E-state index in [2.05, 4.69) is 17.4 Å². The molecule has 1 aromatic carbocycles. The van der Waals surface area contributed by atoms with E-state index in [4.69, 9.17) is 0 Å². The molecule has 0 atom stereocenters. The number of alkyl halides is 5. The predicted molar refractivity (Wildman–Crippen MR) is 45.3 cm³/mol. The fraction of sp³-hybridized carbons (Fsp3) is 0.250. The van der Waals surface area contributed by atoms with Crippen molar-refractivity contribution in [1.29, 1.82) is 0 Å². The molecule has 0 fully saturated rings. The van der Waals surface area contributed by atoms with E-state index in [1.54, 1.807) is 0 Å². The summed E-state index contributed by atoms with van der Waals surface area (Å²) in [5, 5.41) is 0. The van der Waals surface area contributed by atoms with Crippen LogP contribution in [0.4, 0.5) is 22.0 Å². The summed E-state index contributed by atoms with van der Waals surface area (Å²) < 4.78 is 63.2. The number of thiol groups is 1. The van der Waals surface area contributed by atoms with Gasteiger partial charge in [-0.05, 0) is 12.1 Å². The number of hydrogen-bond acceptors (Lipinski definition) is 2. The third-order valence-corrected chi connectivity index (χ3v) is 1.83. The Balaban J connectivity index is 3.01. The van der Waals surface area contributed by atoms with Crippen molar-refractivity contribution < 1.29 is 26.7 Å². The van der Waals surface area contributed by atoms with Gasteiger partial charge in [-0.15, -0.1) is 25.8 Å². The monoisotopic (exact) mass is 244 g/mol. The van der Waals surface area contributed by atoms with Crippen molar-refractivity contribution in [3.05, 3.63) is 23.8 Å². The van der Waals surface area contributed by atoms with Gasteiger partial charge >= 0.3 is 6.36 Å². The zero-order valence-electron chi connectivity index (χ0n) is 7.05. The van der Waals surface area contributed by atoms with Crippen LogP contribution in [0.1, 0.15) is 12.0 Å². The first-order valence-electron chi connectivity index (χ1n) is 3.66. The van der Waals surface area contributed by atoms with Crippen molar-refractivity contribution in [2.45, 2.75) is 17.7 Å². The molecule has 0 bridgehead atoms. The van der Waals surface area contributed by atoms with Gasteiger partial charge in [0.1, 0.15) is 5.75 Å². The van der Waals surface area contributed by atoms with Crippen molar-refractivity contribution in [2.24, 2.45) is 0 Å². The molecule has 0 aliphatic rings. The molecule has 0 radical (unpaired) electrons. The fourth-order valence-electron chi connectivity index (χ4n) is 0.873. The Bertz CT molecular complexity index is 349. The summed E-state index contributed by atoms with van der Waals surface area (Å²) in [7, 11) is 0. The van der Waals surface area contributed by atoms with Crippen LogP contribution in [0.2, 0.25) is 0 Å². The first-order valence-corrected chi connectivity index (χ1v) is 4.11. The molecule has 1 aromatic rings. The van der Waals surface area contributed by atoms with Crippen molar-refractivity contribution in [3.8, 4) is 5.75 Å².